The summed E-state index contributed by atoms with van der Waals surface area (Å²) < 4.78 is 5.11. The molecular weight excluding hydrogens is 352 g/mol. The molecule has 1 N–H and O–H groups in total. The minimum atomic E-state index is -0.340. The normalized spacial score (nSPS) is 13.2. The molecule has 0 spiro atoms. The van der Waals surface area contributed by atoms with E-state index in [0.29, 0.717) is 17.8 Å². The fourth-order valence-electron chi connectivity index (χ4n) is 3.14. The van der Waals surface area contributed by atoms with Crippen molar-refractivity contribution in [3.63, 3.8) is 0 Å². The number of amides is 2. The topological polar surface area (TPSA) is 62.6 Å². The highest BCUT2D eigenvalue weighted by atomic mass is 16.3. The van der Waals surface area contributed by atoms with E-state index in [1.807, 2.05) is 4.90 Å². The molecule has 1 aliphatic rings. The molecule has 5 nitrogen and oxygen atoms in total. The van der Waals surface area contributed by atoms with E-state index in [-0.39, 0.29) is 23.6 Å². The van der Waals surface area contributed by atoms with E-state index in [4.69, 9.17) is 4.42 Å². The SMILES string of the molecule is Cc1ccc(CN(C(=O)c2cccc(NC(=O)c3ccco3)c2)C2CC2)cc1. The molecule has 0 atom stereocenters. The first-order valence-electron chi connectivity index (χ1n) is 9.41. The van der Waals surface area contributed by atoms with Gasteiger partial charge < -0.3 is 14.6 Å². The zero-order chi connectivity index (χ0) is 19.5. The maximum absolute atomic E-state index is 13.2. The summed E-state index contributed by atoms with van der Waals surface area (Å²) in [6.45, 7) is 2.64. The molecule has 0 aliphatic heterocycles. The molecule has 28 heavy (non-hydrogen) atoms. The lowest BCUT2D eigenvalue weighted by Gasteiger charge is -2.23. The molecular formula is C23H22N2O3. The maximum atomic E-state index is 13.2. The van der Waals surface area contributed by atoms with Crippen LogP contribution in [0.3, 0.4) is 0 Å². The Balaban J connectivity index is 1.51. The standard InChI is InChI=1S/C23H22N2O3/c1-16-7-9-17(10-8-16)15-25(20-11-12-20)23(27)18-4-2-5-19(14-18)24-22(26)21-6-3-13-28-21/h2-10,13-14,20H,11-12,15H2,1H3,(H,24,26). The molecule has 0 bridgehead atoms. The van der Waals surface area contributed by atoms with Crippen LogP contribution in [0.2, 0.25) is 0 Å². The van der Waals surface area contributed by atoms with Crippen LogP contribution in [-0.4, -0.2) is 22.8 Å². The smallest absolute Gasteiger partial charge is 0.291 e. The number of hydrogen-bond donors (Lipinski definition) is 1. The number of furan rings is 1. The van der Waals surface area contributed by atoms with Crippen molar-refractivity contribution >= 4 is 17.5 Å². The van der Waals surface area contributed by atoms with E-state index in [1.165, 1.54) is 11.8 Å². The summed E-state index contributed by atoms with van der Waals surface area (Å²) in [7, 11) is 0. The van der Waals surface area contributed by atoms with Crippen molar-refractivity contribution in [1.29, 1.82) is 0 Å². The molecule has 2 aromatic carbocycles. The Morgan fingerprint density at radius 2 is 1.86 bits per heavy atom. The third-order valence-corrected chi connectivity index (χ3v) is 4.83. The van der Waals surface area contributed by atoms with E-state index in [9.17, 15) is 9.59 Å². The Morgan fingerprint density at radius 1 is 1.07 bits per heavy atom. The zero-order valence-electron chi connectivity index (χ0n) is 15.7. The van der Waals surface area contributed by atoms with Gasteiger partial charge in [0.15, 0.2) is 5.76 Å². The number of hydrogen-bond acceptors (Lipinski definition) is 3. The van der Waals surface area contributed by atoms with Crippen LogP contribution in [0.5, 0.6) is 0 Å². The first-order valence-corrected chi connectivity index (χ1v) is 9.41. The number of anilines is 1. The average Bonchev–Trinajstić information content (AvgIpc) is 3.39. The number of rotatable bonds is 6. The highest BCUT2D eigenvalue weighted by Gasteiger charge is 2.33. The number of carbonyl (C=O) groups excluding carboxylic acids is 2. The molecule has 3 aromatic rings. The summed E-state index contributed by atoms with van der Waals surface area (Å²) in [5, 5.41) is 2.78. The Hall–Kier alpha value is -3.34. The lowest BCUT2D eigenvalue weighted by molar-refractivity contribution is 0.0729. The highest BCUT2D eigenvalue weighted by Crippen LogP contribution is 2.30. The number of nitrogens with one attached hydrogen (secondary N) is 1. The minimum Gasteiger partial charge on any atom is -0.459 e. The molecule has 142 valence electrons. The number of aryl methyl sites for hydroxylation is 1. The molecule has 0 unspecified atom stereocenters. The van der Waals surface area contributed by atoms with E-state index < -0.39 is 0 Å². The van der Waals surface area contributed by atoms with E-state index in [1.54, 1.807) is 36.4 Å². The van der Waals surface area contributed by atoms with Crippen molar-refractivity contribution in [1.82, 2.24) is 4.90 Å². The van der Waals surface area contributed by atoms with Gasteiger partial charge in [-0.3, -0.25) is 9.59 Å². The van der Waals surface area contributed by atoms with Crippen molar-refractivity contribution in [3.8, 4) is 0 Å². The van der Waals surface area contributed by atoms with E-state index in [0.717, 1.165) is 18.4 Å². The van der Waals surface area contributed by atoms with Crippen molar-refractivity contribution in [2.75, 3.05) is 5.32 Å². The van der Waals surface area contributed by atoms with Crippen LogP contribution in [0.4, 0.5) is 5.69 Å². The predicted octanol–water partition coefficient (Wildman–Crippen LogP) is 4.65. The third-order valence-electron chi connectivity index (χ3n) is 4.83. The Kier molecular flexibility index (Phi) is 4.98. The fourth-order valence-corrected chi connectivity index (χ4v) is 3.14. The maximum Gasteiger partial charge on any atom is 0.291 e. The zero-order valence-corrected chi connectivity index (χ0v) is 15.7. The lowest BCUT2D eigenvalue weighted by Crippen LogP contribution is -2.32. The van der Waals surface area contributed by atoms with Crippen LogP contribution < -0.4 is 5.32 Å². The summed E-state index contributed by atoms with van der Waals surface area (Å²) in [5.41, 5.74) is 3.45. The molecule has 1 saturated carbocycles. The van der Waals surface area contributed by atoms with Crippen molar-refractivity contribution in [2.45, 2.75) is 32.4 Å². The van der Waals surface area contributed by atoms with E-state index in [2.05, 4.69) is 36.5 Å². The van der Waals surface area contributed by atoms with Crippen molar-refractivity contribution in [3.05, 3.63) is 89.4 Å². The Morgan fingerprint density at radius 3 is 2.54 bits per heavy atom. The summed E-state index contributed by atoms with van der Waals surface area (Å²) in [6.07, 6.45) is 3.52. The fraction of sp³-hybridized carbons (Fsp3) is 0.217. The summed E-state index contributed by atoms with van der Waals surface area (Å²) >= 11 is 0. The number of carbonyl (C=O) groups is 2. The van der Waals surface area contributed by atoms with Crippen LogP contribution in [0, 0.1) is 6.92 Å². The van der Waals surface area contributed by atoms with Gasteiger partial charge in [0.2, 0.25) is 0 Å². The summed E-state index contributed by atoms with van der Waals surface area (Å²) in [4.78, 5) is 27.3. The van der Waals surface area contributed by atoms with Gasteiger partial charge in [-0.25, -0.2) is 0 Å². The summed E-state index contributed by atoms with van der Waals surface area (Å²) in [6, 6.07) is 18.9. The third kappa shape index (κ3) is 4.14. The first kappa shape index (κ1) is 18.0. The molecule has 4 rings (SSSR count). The molecule has 1 fully saturated rings. The second-order valence-corrected chi connectivity index (χ2v) is 7.16. The summed E-state index contributed by atoms with van der Waals surface area (Å²) in [5.74, 6) is -0.124. The lowest BCUT2D eigenvalue weighted by atomic mass is 10.1. The van der Waals surface area contributed by atoms with Gasteiger partial charge in [0.1, 0.15) is 0 Å². The first-order chi connectivity index (χ1) is 13.6. The van der Waals surface area contributed by atoms with Gasteiger partial charge in [0.05, 0.1) is 6.26 Å². The van der Waals surface area contributed by atoms with Crippen molar-refractivity contribution in [2.24, 2.45) is 0 Å². The second kappa shape index (κ2) is 7.72. The number of nitrogens with zero attached hydrogens (tertiary/aromatic N) is 1. The van der Waals surface area contributed by atoms with Gasteiger partial charge in [-0.1, -0.05) is 35.9 Å². The van der Waals surface area contributed by atoms with E-state index >= 15 is 0 Å². The van der Waals surface area contributed by atoms with Gasteiger partial charge in [-0.2, -0.15) is 0 Å². The van der Waals surface area contributed by atoms with Crippen LogP contribution in [0.15, 0.2) is 71.3 Å². The molecule has 1 aliphatic carbocycles. The molecule has 2 amide bonds. The molecule has 1 aromatic heterocycles. The monoisotopic (exact) mass is 374 g/mol. The molecule has 0 radical (unpaired) electrons. The Bertz CT molecular complexity index is 973. The van der Waals surface area contributed by atoms with Crippen molar-refractivity contribution < 1.29 is 14.0 Å². The largest absolute Gasteiger partial charge is 0.459 e. The van der Waals surface area contributed by atoms with Crippen LogP contribution >= 0.6 is 0 Å². The highest BCUT2D eigenvalue weighted by molar-refractivity contribution is 6.03. The van der Waals surface area contributed by atoms with Gasteiger partial charge >= 0.3 is 0 Å². The average molecular weight is 374 g/mol. The van der Waals surface area contributed by atoms with Crippen LogP contribution in [-0.2, 0) is 6.54 Å². The second-order valence-electron chi connectivity index (χ2n) is 7.16. The number of benzene rings is 2. The molecule has 5 heteroatoms. The van der Waals surface area contributed by atoms with Gasteiger partial charge in [-0.05, 0) is 55.7 Å². The predicted molar refractivity (Wildman–Crippen MR) is 107 cm³/mol. The molecule has 1 heterocycles. The van der Waals surface area contributed by atoms with Gasteiger partial charge in [-0.15, -0.1) is 0 Å². The van der Waals surface area contributed by atoms with Gasteiger partial charge in [0.25, 0.3) is 11.8 Å². The quantitative estimate of drug-likeness (QED) is 0.683. The van der Waals surface area contributed by atoms with Crippen LogP contribution in [0.1, 0.15) is 44.9 Å². The van der Waals surface area contributed by atoms with Gasteiger partial charge in [0, 0.05) is 23.8 Å². The molecule has 0 saturated heterocycles. The van der Waals surface area contributed by atoms with Crippen LogP contribution in [0.25, 0.3) is 0 Å². The Labute approximate surface area is 164 Å². The minimum absolute atomic E-state index is 0.0165.